The minimum Gasteiger partial charge on any atom is -0.460 e. The summed E-state index contributed by atoms with van der Waals surface area (Å²) in [6.07, 6.45) is 6.46. The highest BCUT2D eigenvalue weighted by Crippen LogP contribution is 2.30. The molecule has 1 aromatic rings. The zero-order chi connectivity index (χ0) is 29.2. The van der Waals surface area contributed by atoms with Crippen molar-refractivity contribution in [2.45, 2.75) is 118 Å². The fourth-order valence-corrected chi connectivity index (χ4v) is 5.03. The fraction of sp³-hybridized carbons (Fsp3) is 0.719. The number of esters is 1. The smallest absolute Gasteiger partial charge is 0.309 e. The number of ether oxygens (including phenoxy) is 2. The molecule has 4 atom stereocenters. The highest BCUT2D eigenvalue weighted by Gasteiger charge is 2.36. The molecule has 1 unspecified atom stereocenters. The first-order chi connectivity index (χ1) is 18.2. The lowest BCUT2D eigenvalue weighted by Gasteiger charge is -2.32. The van der Waals surface area contributed by atoms with Gasteiger partial charge in [-0.1, -0.05) is 64.8 Å². The van der Waals surface area contributed by atoms with E-state index in [0.717, 1.165) is 37.9 Å². The van der Waals surface area contributed by atoms with Gasteiger partial charge in [-0.2, -0.15) is 0 Å². The van der Waals surface area contributed by atoms with Crippen molar-refractivity contribution >= 4 is 17.8 Å². The van der Waals surface area contributed by atoms with Crippen molar-refractivity contribution in [1.29, 1.82) is 0 Å². The van der Waals surface area contributed by atoms with Crippen LogP contribution in [-0.4, -0.2) is 43.1 Å². The van der Waals surface area contributed by atoms with Crippen LogP contribution in [0.4, 0.5) is 0 Å². The Labute approximate surface area is 236 Å². The number of aryl methyl sites for hydroxylation is 1. The van der Waals surface area contributed by atoms with Crippen LogP contribution in [0.2, 0.25) is 0 Å². The van der Waals surface area contributed by atoms with E-state index >= 15 is 0 Å². The molecule has 1 fully saturated rings. The highest BCUT2D eigenvalue weighted by atomic mass is 16.6. The molecule has 1 aliphatic rings. The van der Waals surface area contributed by atoms with E-state index in [2.05, 4.69) is 41.8 Å². The highest BCUT2D eigenvalue weighted by molar-refractivity contribution is 5.89. The van der Waals surface area contributed by atoms with E-state index in [1.165, 1.54) is 5.56 Å². The molecule has 7 nitrogen and oxygen atoms in total. The lowest BCUT2D eigenvalue weighted by molar-refractivity contribution is -0.161. The van der Waals surface area contributed by atoms with Crippen LogP contribution in [0.5, 0.6) is 0 Å². The van der Waals surface area contributed by atoms with Gasteiger partial charge in [0.05, 0.1) is 12.0 Å². The molecule has 7 heteroatoms. The zero-order valence-electron chi connectivity index (χ0n) is 25.5. The molecule has 220 valence electrons. The molecule has 39 heavy (non-hydrogen) atoms. The Morgan fingerprint density at radius 3 is 2.18 bits per heavy atom. The Hall–Kier alpha value is -2.41. The number of carbonyl (C=O) groups excluding carboxylic acids is 3. The third-order valence-corrected chi connectivity index (χ3v) is 7.31. The summed E-state index contributed by atoms with van der Waals surface area (Å²) in [6.45, 7) is 14.3. The van der Waals surface area contributed by atoms with Gasteiger partial charge >= 0.3 is 5.97 Å². The number of nitrogens with one attached hydrogen (secondary N) is 2. The number of carbonyl (C=O) groups is 3. The van der Waals surface area contributed by atoms with Gasteiger partial charge in [0.15, 0.2) is 0 Å². The van der Waals surface area contributed by atoms with Crippen molar-refractivity contribution in [3.63, 3.8) is 0 Å². The molecule has 0 radical (unpaired) electrons. The lowest BCUT2D eigenvalue weighted by atomic mass is 9.83. The second-order valence-corrected chi connectivity index (χ2v) is 13.0. The summed E-state index contributed by atoms with van der Waals surface area (Å²) in [5.41, 5.74) is 1.26. The Bertz CT molecular complexity index is 923. The molecule has 0 spiro atoms. The van der Waals surface area contributed by atoms with Gasteiger partial charge in [0.25, 0.3) is 0 Å². The standard InChI is InChI=1S/C32H52N2O5/c1-9-10-12-25(30(37)39-32(5,6)7)21-24(28(35)34-27(29(36)33-8)31(2,3)4)19-16-22-14-17-23(18-15-22)26-13-11-20-38-26/h14-15,17-18,24-27H,9-13,16,19-21H2,1-8H3,(H,33,36)(H,34,35)/t24-,25+,26?,27-/m1/s1. The van der Waals surface area contributed by atoms with E-state index < -0.39 is 23.0 Å². The van der Waals surface area contributed by atoms with Gasteiger partial charge in [0.1, 0.15) is 11.6 Å². The molecule has 1 aliphatic heterocycles. The Kier molecular flexibility index (Phi) is 12.5. The predicted octanol–water partition coefficient (Wildman–Crippen LogP) is 5.90. The van der Waals surface area contributed by atoms with E-state index in [-0.39, 0.29) is 29.8 Å². The summed E-state index contributed by atoms with van der Waals surface area (Å²) in [4.78, 5) is 39.5. The van der Waals surface area contributed by atoms with Gasteiger partial charge in [-0.15, -0.1) is 0 Å². The molecule has 0 bridgehead atoms. The number of rotatable bonds is 13. The molecule has 1 saturated heterocycles. The SMILES string of the molecule is CCCC[C@@H](C[C@@H](CCc1ccc(C2CCCO2)cc1)C(=O)N[C@H](C(=O)NC)C(C)(C)C)C(=O)OC(C)(C)C. The summed E-state index contributed by atoms with van der Waals surface area (Å²) in [6, 6.07) is 7.77. The molecule has 0 saturated carbocycles. The second kappa shape index (κ2) is 14.8. The Morgan fingerprint density at radius 2 is 1.67 bits per heavy atom. The third-order valence-electron chi connectivity index (χ3n) is 7.31. The molecular weight excluding hydrogens is 492 g/mol. The average molecular weight is 545 g/mol. The van der Waals surface area contributed by atoms with Crippen LogP contribution in [0.1, 0.15) is 111 Å². The summed E-state index contributed by atoms with van der Waals surface area (Å²) >= 11 is 0. The number of likely N-dealkylation sites (N-methyl/N-ethyl adjacent to an activating group) is 1. The minimum absolute atomic E-state index is 0.171. The van der Waals surface area contributed by atoms with E-state index in [1.807, 2.05) is 41.5 Å². The first kappa shape index (κ1) is 32.8. The summed E-state index contributed by atoms with van der Waals surface area (Å²) in [5.74, 6) is -1.50. The van der Waals surface area contributed by atoms with Gasteiger partial charge in [-0.25, -0.2) is 0 Å². The lowest BCUT2D eigenvalue weighted by Crippen LogP contribution is -2.54. The van der Waals surface area contributed by atoms with Crippen LogP contribution in [0.15, 0.2) is 24.3 Å². The van der Waals surface area contributed by atoms with Gasteiger partial charge in [0.2, 0.25) is 11.8 Å². The fourth-order valence-electron chi connectivity index (χ4n) is 5.03. The van der Waals surface area contributed by atoms with E-state index in [9.17, 15) is 14.4 Å². The largest absolute Gasteiger partial charge is 0.460 e. The average Bonchev–Trinajstić information content (AvgIpc) is 3.40. The second-order valence-electron chi connectivity index (χ2n) is 13.0. The van der Waals surface area contributed by atoms with Crippen LogP contribution < -0.4 is 10.6 Å². The topological polar surface area (TPSA) is 93.7 Å². The molecule has 2 rings (SSSR count). The quantitative estimate of drug-likeness (QED) is 0.302. The van der Waals surface area contributed by atoms with Crippen molar-refractivity contribution in [3.05, 3.63) is 35.4 Å². The maximum absolute atomic E-state index is 13.7. The van der Waals surface area contributed by atoms with Crippen LogP contribution in [0.3, 0.4) is 0 Å². The zero-order valence-corrected chi connectivity index (χ0v) is 25.5. The van der Waals surface area contributed by atoms with Crippen LogP contribution in [0.25, 0.3) is 0 Å². The number of hydrogen-bond donors (Lipinski definition) is 2. The number of hydrogen-bond acceptors (Lipinski definition) is 5. The number of benzene rings is 1. The van der Waals surface area contributed by atoms with Gasteiger partial charge in [-0.05, 0) is 75.8 Å². The van der Waals surface area contributed by atoms with Gasteiger partial charge in [0, 0.05) is 19.6 Å². The number of amides is 2. The summed E-state index contributed by atoms with van der Waals surface area (Å²) in [7, 11) is 1.58. The molecule has 2 amide bonds. The van der Waals surface area contributed by atoms with Gasteiger partial charge < -0.3 is 20.1 Å². The molecular formula is C32H52N2O5. The van der Waals surface area contributed by atoms with Crippen molar-refractivity contribution in [3.8, 4) is 0 Å². The van der Waals surface area contributed by atoms with Crippen molar-refractivity contribution in [2.75, 3.05) is 13.7 Å². The first-order valence-electron chi connectivity index (χ1n) is 14.7. The van der Waals surface area contributed by atoms with E-state index in [0.29, 0.717) is 25.7 Å². The van der Waals surface area contributed by atoms with Gasteiger partial charge in [-0.3, -0.25) is 14.4 Å². The van der Waals surface area contributed by atoms with Crippen molar-refractivity contribution in [1.82, 2.24) is 10.6 Å². The summed E-state index contributed by atoms with van der Waals surface area (Å²) < 4.78 is 11.6. The first-order valence-corrected chi connectivity index (χ1v) is 14.7. The molecule has 1 heterocycles. The minimum atomic E-state index is -0.682. The molecule has 0 aromatic heterocycles. The van der Waals surface area contributed by atoms with Crippen LogP contribution >= 0.6 is 0 Å². The maximum Gasteiger partial charge on any atom is 0.309 e. The third kappa shape index (κ3) is 10.9. The maximum atomic E-state index is 13.7. The number of unbranched alkanes of at least 4 members (excludes halogenated alkanes) is 1. The van der Waals surface area contributed by atoms with E-state index in [4.69, 9.17) is 9.47 Å². The molecule has 1 aromatic carbocycles. The molecule has 0 aliphatic carbocycles. The monoisotopic (exact) mass is 544 g/mol. The molecule has 2 N–H and O–H groups in total. The normalized spacial score (nSPS) is 18.2. The Morgan fingerprint density at radius 1 is 1.00 bits per heavy atom. The van der Waals surface area contributed by atoms with Crippen molar-refractivity contribution in [2.24, 2.45) is 17.3 Å². The summed E-state index contributed by atoms with van der Waals surface area (Å²) in [5, 5.41) is 5.70. The van der Waals surface area contributed by atoms with Crippen molar-refractivity contribution < 1.29 is 23.9 Å². The van der Waals surface area contributed by atoms with E-state index in [1.54, 1.807) is 7.05 Å². The Balaban J connectivity index is 2.25. The van der Waals surface area contributed by atoms with Crippen LogP contribution in [-0.2, 0) is 30.3 Å². The predicted molar refractivity (Wildman–Crippen MR) is 155 cm³/mol. The van der Waals surface area contributed by atoms with Crippen LogP contribution in [0, 0.1) is 17.3 Å².